The molecule has 0 bridgehead atoms. The van der Waals surface area contributed by atoms with Gasteiger partial charge in [0.25, 0.3) is 0 Å². The zero-order valence-corrected chi connectivity index (χ0v) is 7.29. The molecule has 1 rings (SSSR count). The molecule has 0 unspecified atom stereocenters. The summed E-state index contributed by atoms with van der Waals surface area (Å²) in [5.74, 6) is 0.358. The number of nitrogens with zero attached hydrogens (tertiary/aromatic N) is 1. The lowest BCUT2D eigenvalue weighted by Gasteiger charge is -2.44. The lowest BCUT2D eigenvalue weighted by molar-refractivity contribution is -0.142. The molecule has 1 N–H and O–H groups in total. The first kappa shape index (κ1) is 8.53. The molecule has 1 heterocycles. The number of aliphatic hydroxyl groups is 1. The van der Waals surface area contributed by atoms with Crippen LogP contribution in [-0.4, -0.2) is 34.6 Å². The minimum atomic E-state index is -0.633. The minimum Gasteiger partial charge on any atom is -0.390 e. The van der Waals surface area contributed by atoms with Gasteiger partial charge in [-0.25, -0.2) is 0 Å². The molecule has 64 valence electrons. The van der Waals surface area contributed by atoms with E-state index in [-0.39, 0.29) is 11.8 Å². The maximum Gasteiger partial charge on any atom is 0.219 e. The van der Waals surface area contributed by atoms with Crippen LogP contribution in [0, 0.1) is 5.92 Å². The molecule has 0 aromatic heterocycles. The van der Waals surface area contributed by atoms with Crippen LogP contribution in [0.4, 0.5) is 0 Å². The summed E-state index contributed by atoms with van der Waals surface area (Å²) in [5.41, 5.74) is -0.633. The van der Waals surface area contributed by atoms with Gasteiger partial charge in [0.05, 0.1) is 5.60 Å². The number of carbonyl (C=O) groups is 1. The summed E-state index contributed by atoms with van der Waals surface area (Å²) in [5, 5.41) is 9.50. The van der Waals surface area contributed by atoms with E-state index in [4.69, 9.17) is 0 Å². The molecular formula is C8H15NO2. The lowest BCUT2D eigenvalue weighted by atomic mass is 9.84. The first-order valence-electron chi connectivity index (χ1n) is 3.89. The van der Waals surface area contributed by atoms with Crippen LogP contribution in [0.3, 0.4) is 0 Å². The summed E-state index contributed by atoms with van der Waals surface area (Å²) < 4.78 is 0. The van der Waals surface area contributed by atoms with E-state index < -0.39 is 5.60 Å². The first-order chi connectivity index (χ1) is 4.91. The third-order valence-electron chi connectivity index (χ3n) is 2.33. The van der Waals surface area contributed by atoms with Crippen molar-refractivity contribution < 1.29 is 9.90 Å². The maximum absolute atomic E-state index is 10.7. The smallest absolute Gasteiger partial charge is 0.219 e. The van der Waals surface area contributed by atoms with E-state index in [2.05, 4.69) is 0 Å². The highest BCUT2D eigenvalue weighted by Gasteiger charge is 2.38. The molecule has 0 radical (unpaired) electrons. The molecule has 0 saturated carbocycles. The van der Waals surface area contributed by atoms with Gasteiger partial charge in [-0.15, -0.1) is 0 Å². The second kappa shape index (κ2) is 2.48. The number of carbonyl (C=O) groups excluding carboxylic acids is 1. The SMILES string of the molecule is CC(=O)N1CC(C(C)(C)O)C1. The fraction of sp³-hybridized carbons (Fsp3) is 0.875. The first-order valence-corrected chi connectivity index (χ1v) is 3.89. The van der Waals surface area contributed by atoms with E-state index in [0.717, 1.165) is 0 Å². The second-order valence-corrected chi connectivity index (χ2v) is 3.77. The van der Waals surface area contributed by atoms with E-state index in [1.165, 1.54) is 0 Å². The van der Waals surface area contributed by atoms with Gasteiger partial charge in [0, 0.05) is 25.9 Å². The van der Waals surface area contributed by atoms with Gasteiger partial charge in [-0.3, -0.25) is 4.79 Å². The monoisotopic (exact) mass is 157 g/mol. The Kier molecular flexibility index (Phi) is 1.92. The molecule has 1 saturated heterocycles. The van der Waals surface area contributed by atoms with Crippen LogP contribution in [0.15, 0.2) is 0 Å². The third kappa shape index (κ3) is 1.71. The van der Waals surface area contributed by atoms with Crippen molar-refractivity contribution in [3.05, 3.63) is 0 Å². The van der Waals surface area contributed by atoms with Crippen molar-refractivity contribution in [2.75, 3.05) is 13.1 Å². The number of likely N-dealkylation sites (tertiary alicyclic amines) is 1. The molecule has 1 aliphatic rings. The van der Waals surface area contributed by atoms with E-state index in [1.807, 2.05) is 0 Å². The molecule has 0 aromatic rings. The van der Waals surface area contributed by atoms with Gasteiger partial charge in [0.1, 0.15) is 0 Å². The van der Waals surface area contributed by atoms with Crippen molar-refractivity contribution in [2.24, 2.45) is 5.92 Å². The highest BCUT2D eigenvalue weighted by atomic mass is 16.3. The average molecular weight is 157 g/mol. The largest absolute Gasteiger partial charge is 0.390 e. The predicted molar refractivity (Wildman–Crippen MR) is 42.0 cm³/mol. The molecule has 1 fully saturated rings. The number of hydrogen-bond donors (Lipinski definition) is 1. The quantitative estimate of drug-likeness (QED) is 0.592. The van der Waals surface area contributed by atoms with Crippen LogP contribution < -0.4 is 0 Å². The van der Waals surface area contributed by atoms with Crippen LogP contribution in [0.5, 0.6) is 0 Å². The zero-order chi connectivity index (χ0) is 8.65. The molecule has 11 heavy (non-hydrogen) atoms. The third-order valence-corrected chi connectivity index (χ3v) is 2.33. The molecule has 0 spiro atoms. The second-order valence-electron chi connectivity index (χ2n) is 3.77. The van der Waals surface area contributed by atoms with Crippen molar-refractivity contribution in [1.29, 1.82) is 0 Å². The molecular weight excluding hydrogens is 142 g/mol. The van der Waals surface area contributed by atoms with Crippen molar-refractivity contribution in [3.8, 4) is 0 Å². The molecule has 3 nitrogen and oxygen atoms in total. The van der Waals surface area contributed by atoms with Gasteiger partial charge in [-0.05, 0) is 13.8 Å². The van der Waals surface area contributed by atoms with E-state index in [0.29, 0.717) is 13.1 Å². The lowest BCUT2D eigenvalue weighted by Crippen LogP contribution is -2.57. The highest BCUT2D eigenvalue weighted by Crippen LogP contribution is 2.26. The average Bonchev–Trinajstić information content (AvgIpc) is 1.51. The fourth-order valence-electron chi connectivity index (χ4n) is 1.18. The zero-order valence-electron chi connectivity index (χ0n) is 7.29. The fourth-order valence-corrected chi connectivity index (χ4v) is 1.18. The summed E-state index contributed by atoms with van der Waals surface area (Å²) in [6.07, 6.45) is 0. The number of rotatable bonds is 1. The summed E-state index contributed by atoms with van der Waals surface area (Å²) in [4.78, 5) is 12.5. The minimum absolute atomic E-state index is 0.102. The molecule has 0 aromatic carbocycles. The summed E-state index contributed by atoms with van der Waals surface area (Å²) >= 11 is 0. The Balaban J connectivity index is 2.35. The molecule has 0 atom stereocenters. The van der Waals surface area contributed by atoms with E-state index in [1.54, 1.807) is 25.7 Å². The molecule has 1 amide bonds. The Morgan fingerprint density at radius 3 is 2.27 bits per heavy atom. The van der Waals surface area contributed by atoms with Crippen LogP contribution >= 0.6 is 0 Å². The van der Waals surface area contributed by atoms with Gasteiger partial charge in [-0.2, -0.15) is 0 Å². The van der Waals surface area contributed by atoms with Gasteiger partial charge >= 0.3 is 0 Å². The summed E-state index contributed by atoms with van der Waals surface area (Å²) in [6, 6.07) is 0. The predicted octanol–water partition coefficient (Wildman–Crippen LogP) is 0.236. The maximum atomic E-state index is 10.7. The van der Waals surface area contributed by atoms with E-state index in [9.17, 15) is 9.90 Å². The van der Waals surface area contributed by atoms with Crippen molar-refractivity contribution in [3.63, 3.8) is 0 Å². The Morgan fingerprint density at radius 2 is 2.00 bits per heavy atom. The van der Waals surface area contributed by atoms with Gasteiger partial charge < -0.3 is 10.0 Å². The molecule has 3 heteroatoms. The van der Waals surface area contributed by atoms with Crippen molar-refractivity contribution >= 4 is 5.91 Å². The van der Waals surface area contributed by atoms with Crippen LogP contribution in [0.25, 0.3) is 0 Å². The summed E-state index contributed by atoms with van der Waals surface area (Å²) in [7, 11) is 0. The molecule has 0 aliphatic carbocycles. The Morgan fingerprint density at radius 1 is 1.55 bits per heavy atom. The van der Waals surface area contributed by atoms with Gasteiger partial charge in [0.15, 0.2) is 0 Å². The Hall–Kier alpha value is -0.570. The Labute approximate surface area is 67.0 Å². The van der Waals surface area contributed by atoms with Crippen LogP contribution in [0.2, 0.25) is 0 Å². The van der Waals surface area contributed by atoms with E-state index >= 15 is 0 Å². The van der Waals surface area contributed by atoms with Gasteiger partial charge in [-0.1, -0.05) is 0 Å². The number of amides is 1. The number of hydrogen-bond acceptors (Lipinski definition) is 2. The normalized spacial score (nSPS) is 19.8. The van der Waals surface area contributed by atoms with Crippen molar-refractivity contribution in [2.45, 2.75) is 26.4 Å². The topological polar surface area (TPSA) is 40.5 Å². The van der Waals surface area contributed by atoms with Crippen molar-refractivity contribution in [1.82, 2.24) is 4.90 Å². The van der Waals surface area contributed by atoms with Crippen LogP contribution in [0.1, 0.15) is 20.8 Å². The molecule has 1 aliphatic heterocycles. The highest BCUT2D eigenvalue weighted by molar-refractivity contribution is 5.74. The Bertz CT molecular complexity index is 165. The summed E-state index contributed by atoms with van der Waals surface area (Å²) in [6.45, 7) is 6.54. The standard InChI is InChI=1S/C8H15NO2/c1-6(10)9-4-7(5-9)8(2,3)11/h7,11H,4-5H2,1-3H3. The van der Waals surface area contributed by atoms with Gasteiger partial charge in [0.2, 0.25) is 5.91 Å². The van der Waals surface area contributed by atoms with Crippen LogP contribution in [-0.2, 0) is 4.79 Å².